The third-order valence-electron chi connectivity index (χ3n) is 4.79. The number of benzene rings is 1. The van der Waals surface area contributed by atoms with E-state index in [1.165, 1.54) is 12.3 Å². The molecule has 0 bridgehead atoms. The molecule has 0 spiro atoms. The molecule has 4 N–H and O–H groups in total. The van der Waals surface area contributed by atoms with E-state index < -0.39 is 0 Å². The molecule has 0 aromatic heterocycles. The summed E-state index contributed by atoms with van der Waals surface area (Å²) in [6.07, 6.45) is 6.68. The fourth-order valence-corrected chi connectivity index (χ4v) is 2.53. The van der Waals surface area contributed by atoms with Gasteiger partial charge in [-0.3, -0.25) is 10.8 Å². The Labute approximate surface area is 215 Å². The Hall–Kier alpha value is -1.03. The number of rotatable bonds is 12. The van der Waals surface area contributed by atoms with E-state index in [9.17, 15) is 4.79 Å². The molecule has 1 aliphatic rings. The summed E-state index contributed by atoms with van der Waals surface area (Å²) in [6, 6.07) is 5.23. The summed E-state index contributed by atoms with van der Waals surface area (Å²) in [5.41, 5.74) is 11.1. The van der Waals surface area contributed by atoms with E-state index in [0.29, 0.717) is 30.1 Å². The maximum Gasteiger partial charge on any atom is 1.00 e. The Morgan fingerprint density at radius 2 is 2.10 bits per heavy atom. The topological polar surface area (TPSA) is 117 Å². The van der Waals surface area contributed by atoms with Gasteiger partial charge in [0.05, 0.1) is 11.4 Å². The summed E-state index contributed by atoms with van der Waals surface area (Å²) < 4.78 is 5.93. The number of nitrogens with zero attached hydrogens (tertiary/aromatic N) is 2. The minimum Gasteiger partial charge on any atom is -0.626 e. The Balaban J connectivity index is 0.00000420. The Morgan fingerprint density at radius 1 is 1.41 bits per heavy atom. The number of allylic oxidation sites excluding steroid dienone is 1. The van der Waals surface area contributed by atoms with Gasteiger partial charge in [-0.1, -0.05) is 19.9 Å². The first-order valence-electron chi connectivity index (χ1n) is 9.62. The van der Waals surface area contributed by atoms with Gasteiger partial charge in [-0.25, -0.2) is 0 Å². The van der Waals surface area contributed by atoms with Crippen molar-refractivity contribution in [3.05, 3.63) is 41.5 Å². The SMILES string of the molecule is CCN(CCC(C)C=O)[N-]/C=C\C(=N)C(=N)c1cc(OC2(C)CC2)ccc1N.[K+]. The van der Waals surface area contributed by atoms with Gasteiger partial charge in [-0.2, -0.15) is 6.20 Å². The zero-order valence-corrected chi connectivity index (χ0v) is 21.0. The second-order valence-electron chi connectivity index (χ2n) is 7.47. The molecule has 1 fully saturated rings. The Morgan fingerprint density at radius 3 is 2.69 bits per heavy atom. The predicted molar refractivity (Wildman–Crippen MR) is 113 cm³/mol. The number of aldehydes is 1. The largest absolute Gasteiger partial charge is 1.00 e. The van der Waals surface area contributed by atoms with Crippen LogP contribution in [0.2, 0.25) is 0 Å². The van der Waals surface area contributed by atoms with Crippen LogP contribution in [-0.4, -0.2) is 41.4 Å². The minimum absolute atomic E-state index is 0. The van der Waals surface area contributed by atoms with Gasteiger partial charge in [-0.15, -0.1) is 0 Å². The molecule has 7 nitrogen and oxygen atoms in total. The van der Waals surface area contributed by atoms with E-state index >= 15 is 0 Å². The molecule has 29 heavy (non-hydrogen) atoms. The molecule has 1 aromatic rings. The molecule has 0 amide bonds. The third kappa shape index (κ3) is 8.31. The average Bonchev–Trinajstić information content (AvgIpc) is 3.41. The molecule has 0 heterocycles. The van der Waals surface area contributed by atoms with Crippen molar-refractivity contribution < 1.29 is 60.9 Å². The van der Waals surface area contributed by atoms with E-state index in [2.05, 4.69) is 12.3 Å². The molecular weight excluding hydrogens is 393 g/mol. The summed E-state index contributed by atoms with van der Waals surface area (Å²) in [5.74, 6) is 0.659. The molecular formula is C21H30KN5O2. The van der Waals surface area contributed by atoms with E-state index in [1.807, 2.05) is 18.9 Å². The van der Waals surface area contributed by atoms with Crippen LogP contribution >= 0.6 is 0 Å². The van der Waals surface area contributed by atoms with Crippen molar-refractivity contribution in [3.63, 3.8) is 0 Å². The van der Waals surface area contributed by atoms with Crippen molar-refractivity contribution in [2.75, 3.05) is 18.8 Å². The van der Waals surface area contributed by atoms with Crippen LogP contribution in [0, 0.1) is 16.7 Å². The van der Waals surface area contributed by atoms with Gasteiger partial charge in [0, 0.05) is 17.2 Å². The smallest absolute Gasteiger partial charge is 0.626 e. The summed E-state index contributed by atoms with van der Waals surface area (Å²) in [7, 11) is 0. The fourth-order valence-electron chi connectivity index (χ4n) is 2.53. The molecule has 152 valence electrons. The number of nitrogens with two attached hydrogens (primary N) is 1. The minimum atomic E-state index is -0.118. The maximum absolute atomic E-state index is 10.7. The summed E-state index contributed by atoms with van der Waals surface area (Å²) in [5, 5.41) is 18.3. The van der Waals surface area contributed by atoms with Crippen LogP contribution in [-0.2, 0) is 4.79 Å². The second kappa shape index (κ2) is 12.0. The normalized spacial score (nSPS) is 15.4. The number of carbonyl (C=O) groups is 1. The first-order valence-corrected chi connectivity index (χ1v) is 9.62. The number of anilines is 1. The maximum atomic E-state index is 10.7. The van der Waals surface area contributed by atoms with Crippen LogP contribution in [0.1, 0.15) is 45.6 Å². The van der Waals surface area contributed by atoms with Crippen molar-refractivity contribution >= 4 is 23.4 Å². The molecule has 0 saturated heterocycles. The zero-order chi connectivity index (χ0) is 20.7. The van der Waals surface area contributed by atoms with Crippen molar-refractivity contribution in [1.29, 1.82) is 10.8 Å². The van der Waals surface area contributed by atoms with Crippen LogP contribution in [0.15, 0.2) is 30.5 Å². The van der Waals surface area contributed by atoms with Crippen molar-refractivity contribution in [3.8, 4) is 5.75 Å². The van der Waals surface area contributed by atoms with E-state index in [4.69, 9.17) is 21.3 Å². The molecule has 1 saturated carbocycles. The molecule has 1 aliphatic carbocycles. The number of ether oxygens (including phenoxy) is 1. The van der Waals surface area contributed by atoms with Crippen LogP contribution < -0.4 is 61.9 Å². The first-order chi connectivity index (χ1) is 13.3. The molecule has 0 radical (unpaired) electrons. The van der Waals surface area contributed by atoms with Crippen molar-refractivity contribution in [2.45, 2.75) is 45.6 Å². The fraction of sp³-hybridized carbons (Fsp3) is 0.476. The van der Waals surface area contributed by atoms with Crippen LogP contribution in [0.4, 0.5) is 5.69 Å². The number of hydrogen-bond donors (Lipinski definition) is 3. The standard InChI is InChI=1S/C21H30N5O2.K/c1-4-26(12-8-15(2)14-27)25-11-7-19(23)20(24)17-13-16(5-6-18(17)22)28-21(3)9-10-21;/h5-7,11,13-15H,4,8-10,12H2,1-3H3,(H4-,22,23,24,25);/q-1;+1. The molecule has 1 aromatic carbocycles. The summed E-state index contributed by atoms with van der Waals surface area (Å²) in [4.78, 5) is 10.7. The van der Waals surface area contributed by atoms with E-state index in [0.717, 1.165) is 25.5 Å². The van der Waals surface area contributed by atoms with Gasteiger partial charge in [0.2, 0.25) is 0 Å². The molecule has 1 atom stereocenters. The number of hydrogen-bond acceptors (Lipinski definition) is 6. The van der Waals surface area contributed by atoms with Crippen molar-refractivity contribution in [2.24, 2.45) is 5.92 Å². The third-order valence-corrected chi connectivity index (χ3v) is 4.79. The number of nitrogen functional groups attached to an aromatic ring is 1. The van der Waals surface area contributed by atoms with Crippen LogP contribution in [0.25, 0.3) is 5.43 Å². The van der Waals surface area contributed by atoms with Gasteiger partial charge in [0.1, 0.15) is 17.6 Å². The van der Waals surface area contributed by atoms with Gasteiger partial charge >= 0.3 is 51.4 Å². The predicted octanol–water partition coefficient (Wildman–Crippen LogP) is 0.941. The van der Waals surface area contributed by atoms with Gasteiger partial charge in [0.25, 0.3) is 0 Å². The summed E-state index contributed by atoms with van der Waals surface area (Å²) >= 11 is 0. The number of carbonyl (C=O) groups excluding carboxylic acids is 1. The van der Waals surface area contributed by atoms with E-state index in [1.54, 1.807) is 18.2 Å². The Kier molecular flexibility index (Phi) is 10.7. The van der Waals surface area contributed by atoms with Crippen molar-refractivity contribution in [1.82, 2.24) is 5.01 Å². The monoisotopic (exact) mass is 423 g/mol. The average molecular weight is 424 g/mol. The first kappa shape index (κ1) is 26.0. The van der Waals surface area contributed by atoms with Crippen LogP contribution in [0.5, 0.6) is 5.75 Å². The zero-order valence-electron chi connectivity index (χ0n) is 17.9. The molecule has 1 unspecified atom stereocenters. The quantitative estimate of drug-likeness (QED) is 0.152. The number of nitrogens with one attached hydrogen (secondary N) is 2. The van der Waals surface area contributed by atoms with Crippen LogP contribution in [0.3, 0.4) is 0 Å². The molecule has 8 heteroatoms. The van der Waals surface area contributed by atoms with Gasteiger partial charge in [-0.05, 0) is 57.5 Å². The van der Waals surface area contributed by atoms with Gasteiger partial charge < -0.3 is 25.7 Å². The molecule has 2 rings (SSSR count). The second-order valence-corrected chi connectivity index (χ2v) is 7.47. The van der Waals surface area contributed by atoms with E-state index in [-0.39, 0.29) is 74.3 Å². The molecule has 0 aliphatic heterocycles. The Bertz CT molecular complexity index is 761. The summed E-state index contributed by atoms with van der Waals surface area (Å²) in [6.45, 7) is 7.26. The van der Waals surface area contributed by atoms with Gasteiger partial charge in [0.15, 0.2) is 0 Å².